The third kappa shape index (κ3) is 4.06. The Labute approximate surface area is 140 Å². The fourth-order valence-electron chi connectivity index (χ4n) is 4.38. The van der Waals surface area contributed by atoms with Crippen LogP contribution in [0.5, 0.6) is 0 Å². The fraction of sp³-hybridized carbons (Fsp3) is 0.944. The van der Waals surface area contributed by atoms with E-state index in [0.29, 0.717) is 18.7 Å². The largest absolute Gasteiger partial charge is 0.376 e. The number of amides is 1. The lowest BCUT2D eigenvalue weighted by Crippen LogP contribution is -2.50. The molecule has 23 heavy (non-hydrogen) atoms. The highest BCUT2D eigenvalue weighted by molar-refractivity contribution is 5.81. The van der Waals surface area contributed by atoms with Crippen molar-refractivity contribution in [1.82, 2.24) is 9.80 Å². The van der Waals surface area contributed by atoms with Crippen LogP contribution in [0, 0.1) is 0 Å². The lowest BCUT2D eigenvalue weighted by atomic mass is 10.0. The topological polar surface area (TPSA) is 42.0 Å². The third-order valence-electron chi connectivity index (χ3n) is 5.76. The molecule has 1 amide bonds. The van der Waals surface area contributed by atoms with E-state index >= 15 is 0 Å². The maximum Gasteiger partial charge on any atom is 0.251 e. The van der Waals surface area contributed by atoms with Crippen molar-refractivity contribution in [2.24, 2.45) is 0 Å². The van der Waals surface area contributed by atoms with Gasteiger partial charge in [0.15, 0.2) is 0 Å². The molecule has 0 radical (unpaired) electrons. The molecule has 0 aliphatic carbocycles. The van der Waals surface area contributed by atoms with Gasteiger partial charge in [0.2, 0.25) is 0 Å². The van der Waals surface area contributed by atoms with Crippen molar-refractivity contribution in [2.75, 3.05) is 33.4 Å². The van der Waals surface area contributed by atoms with Gasteiger partial charge in [0.1, 0.15) is 6.10 Å². The smallest absolute Gasteiger partial charge is 0.251 e. The predicted molar refractivity (Wildman–Crippen MR) is 89.4 cm³/mol. The van der Waals surface area contributed by atoms with Crippen molar-refractivity contribution < 1.29 is 14.3 Å². The summed E-state index contributed by atoms with van der Waals surface area (Å²) in [4.78, 5) is 17.4. The molecule has 0 saturated carbocycles. The van der Waals surface area contributed by atoms with Crippen molar-refractivity contribution in [1.29, 1.82) is 0 Å². The lowest BCUT2D eigenvalue weighted by Gasteiger charge is -2.34. The Bertz CT molecular complexity index is 398. The van der Waals surface area contributed by atoms with Crippen LogP contribution in [0.15, 0.2) is 0 Å². The van der Waals surface area contributed by atoms with E-state index in [4.69, 9.17) is 9.47 Å². The van der Waals surface area contributed by atoms with Crippen LogP contribution in [0.3, 0.4) is 0 Å². The zero-order valence-electron chi connectivity index (χ0n) is 14.7. The van der Waals surface area contributed by atoms with Gasteiger partial charge in [-0.1, -0.05) is 0 Å². The monoisotopic (exact) mass is 324 g/mol. The first-order valence-electron chi connectivity index (χ1n) is 9.40. The first kappa shape index (κ1) is 17.2. The number of hydrogen-bond acceptors (Lipinski definition) is 4. The van der Waals surface area contributed by atoms with Crippen molar-refractivity contribution in [2.45, 2.75) is 76.2 Å². The Hall–Kier alpha value is -0.650. The van der Waals surface area contributed by atoms with E-state index in [-0.39, 0.29) is 18.1 Å². The number of likely N-dealkylation sites (tertiary alicyclic amines) is 2. The molecule has 5 heteroatoms. The second-order valence-corrected chi connectivity index (χ2v) is 7.40. The summed E-state index contributed by atoms with van der Waals surface area (Å²) in [5.74, 6) is 0.170. The van der Waals surface area contributed by atoms with Crippen LogP contribution in [0.1, 0.15) is 51.9 Å². The van der Waals surface area contributed by atoms with Crippen LogP contribution < -0.4 is 0 Å². The van der Waals surface area contributed by atoms with E-state index in [2.05, 4.69) is 16.8 Å². The minimum Gasteiger partial charge on any atom is -0.376 e. The molecule has 0 bridgehead atoms. The molecular weight excluding hydrogens is 292 g/mol. The zero-order chi connectivity index (χ0) is 16.2. The first-order chi connectivity index (χ1) is 11.2. The Morgan fingerprint density at radius 3 is 2.61 bits per heavy atom. The molecular formula is C18H32N2O3. The number of rotatable bonds is 5. The van der Waals surface area contributed by atoms with Gasteiger partial charge < -0.3 is 19.3 Å². The Morgan fingerprint density at radius 1 is 1.13 bits per heavy atom. The number of ether oxygens (including phenoxy) is 2. The minimum atomic E-state index is -0.354. The molecule has 0 unspecified atom stereocenters. The summed E-state index contributed by atoms with van der Waals surface area (Å²) in [6.45, 7) is 5.34. The van der Waals surface area contributed by atoms with E-state index in [0.717, 1.165) is 45.4 Å². The summed E-state index contributed by atoms with van der Waals surface area (Å²) in [7, 11) is 2.19. The van der Waals surface area contributed by atoms with Crippen LogP contribution in [-0.4, -0.2) is 73.3 Å². The van der Waals surface area contributed by atoms with Crippen molar-refractivity contribution in [3.63, 3.8) is 0 Å². The van der Waals surface area contributed by atoms with Gasteiger partial charge >= 0.3 is 0 Å². The molecule has 3 fully saturated rings. The molecule has 0 aromatic heterocycles. The molecule has 3 aliphatic rings. The van der Waals surface area contributed by atoms with Gasteiger partial charge in [0.25, 0.3) is 5.91 Å². The normalized spacial score (nSPS) is 34.0. The summed E-state index contributed by atoms with van der Waals surface area (Å²) >= 11 is 0. The van der Waals surface area contributed by atoms with E-state index in [1.807, 2.05) is 6.92 Å². The summed E-state index contributed by atoms with van der Waals surface area (Å²) in [5.41, 5.74) is 0. The second-order valence-electron chi connectivity index (χ2n) is 7.40. The molecule has 3 aliphatic heterocycles. The molecule has 0 spiro atoms. The van der Waals surface area contributed by atoms with Gasteiger partial charge in [-0.05, 0) is 65.5 Å². The molecule has 3 rings (SSSR count). The van der Waals surface area contributed by atoms with Gasteiger partial charge in [-0.2, -0.15) is 0 Å². The second kappa shape index (κ2) is 7.95. The molecule has 0 aromatic rings. The highest BCUT2D eigenvalue weighted by Crippen LogP contribution is 2.29. The minimum absolute atomic E-state index is 0.170. The number of likely N-dealkylation sites (N-methyl/N-ethyl adjacent to an activating group) is 1. The molecule has 3 saturated heterocycles. The fourth-order valence-corrected chi connectivity index (χ4v) is 4.38. The molecule has 132 valence electrons. The molecule has 4 atom stereocenters. The van der Waals surface area contributed by atoms with E-state index in [9.17, 15) is 4.79 Å². The summed E-state index contributed by atoms with van der Waals surface area (Å²) in [5, 5.41) is 0. The van der Waals surface area contributed by atoms with Crippen LogP contribution >= 0.6 is 0 Å². The molecule has 0 aromatic carbocycles. The van der Waals surface area contributed by atoms with Gasteiger partial charge in [0, 0.05) is 25.2 Å². The lowest BCUT2D eigenvalue weighted by molar-refractivity contribution is -0.147. The number of nitrogens with zero attached hydrogens (tertiary/aromatic N) is 2. The van der Waals surface area contributed by atoms with Crippen molar-refractivity contribution in [3.05, 3.63) is 0 Å². The standard InChI is InChI=1S/C18H32N2O3/c1-14(23-13-15-7-3-4-12-22-15)18(21)20-11-6-9-17(20)16-8-5-10-19(16)2/h14-17H,3-13H2,1-2H3/t14-,15-,16+,17+/m0/s1. The SMILES string of the molecule is C[C@H](OC[C@@H]1CCCCO1)C(=O)N1CCC[C@@H]1[C@H]1CCCN1C. The predicted octanol–water partition coefficient (Wildman–Crippen LogP) is 2.05. The third-order valence-corrected chi connectivity index (χ3v) is 5.76. The number of hydrogen-bond donors (Lipinski definition) is 0. The average Bonchev–Trinajstić information content (AvgIpc) is 3.21. The van der Waals surface area contributed by atoms with Crippen LogP contribution in [0.4, 0.5) is 0 Å². The Kier molecular flexibility index (Phi) is 5.94. The number of carbonyl (C=O) groups excluding carboxylic acids is 1. The van der Waals surface area contributed by atoms with Crippen molar-refractivity contribution in [3.8, 4) is 0 Å². The van der Waals surface area contributed by atoms with E-state index < -0.39 is 0 Å². The molecule has 0 N–H and O–H groups in total. The summed E-state index contributed by atoms with van der Waals surface area (Å²) in [6.07, 6.45) is 7.97. The van der Waals surface area contributed by atoms with Crippen LogP contribution in [0.25, 0.3) is 0 Å². The van der Waals surface area contributed by atoms with Crippen LogP contribution in [0.2, 0.25) is 0 Å². The highest BCUT2D eigenvalue weighted by Gasteiger charge is 2.39. The maximum atomic E-state index is 12.8. The van der Waals surface area contributed by atoms with E-state index in [1.54, 1.807) is 0 Å². The Balaban J connectivity index is 1.51. The van der Waals surface area contributed by atoms with Gasteiger partial charge in [0.05, 0.1) is 12.7 Å². The number of carbonyl (C=O) groups is 1. The van der Waals surface area contributed by atoms with E-state index in [1.165, 1.54) is 19.3 Å². The van der Waals surface area contributed by atoms with Gasteiger partial charge in [-0.3, -0.25) is 4.79 Å². The summed E-state index contributed by atoms with van der Waals surface area (Å²) < 4.78 is 11.6. The highest BCUT2D eigenvalue weighted by atomic mass is 16.5. The maximum absolute atomic E-state index is 12.8. The van der Waals surface area contributed by atoms with Gasteiger partial charge in [-0.25, -0.2) is 0 Å². The first-order valence-corrected chi connectivity index (χ1v) is 9.40. The quantitative estimate of drug-likeness (QED) is 0.776. The van der Waals surface area contributed by atoms with Crippen molar-refractivity contribution >= 4 is 5.91 Å². The Morgan fingerprint density at radius 2 is 1.91 bits per heavy atom. The summed E-state index contributed by atoms with van der Waals surface area (Å²) in [6, 6.07) is 0.919. The van der Waals surface area contributed by atoms with Crippen LogP contribution in [-0.2, 0) is 14.3 Å². The zero-order valence-corrected chi connectivity index (χ0v) is 14.7. The van der Waals surface area contributed by atoms with Gasteiger partial charge in [-0.15, -0.1) is 0 Å². The molecule has 3 heterocycles. The average molecular weight is 324 g/mol. The molecule has 5 nitrogen and oxygen atoms in total.